The third-order valence-corrected chi connectivity index (χ3v) is 21.2. The Hall–Kier alpha value is -13.6. The number of phenolic OH excluding ortho intramolecular Hbond substituents is 1. The van der Waals surface area contributed by atoms with Crippen molar-refractivity contribution in [2.45, 2.75) is 104 Å². The quantitative estimate of drug-likeness (QED) is 0.00818. The third kappa shape index (κ3) is 24.9. The van der Waals surface area contributed by atoms with E-state index in [1.54, 1.807) is 139 Å². The molecule has 9 N–H and O–H groups in total. The van der Waals surface area contributed by atoms with Crippen LogP contribution in [0.5, 0.6) is 5.75 Å². The molecule has 128 heavy (non-hydrogen) atoms. The van der Waals surface area contributed by atoms with E-state index in [9.17, 15) is 67.4 Å². The Balaban J connectivity index is 0.000000266. The number of alkyl halides is 1. The number of fused-ring (bicyclic) bond motifs is 4. The van der Waals surface area contributed by atoms with Gasteiger partial charge in [-0.25, -0.2) is 9.97 Å². The molecule has 13 rings (SSSR count). The van der Waals surface area contributed by atoms with Gasteiger partial charge in [-0.1, -0.05) is 44.2 Å². The molecule has 0 bridgehead atoms. The summed E-state index contributed by atoms with van der Waals surface area (Å²) in [5.74, 6) is -1.68. The van der Waals surface area contributed by atoms with E-state index in [-0.39, 0.29) is 180 Å². The maximum atomic E-state index is 13.7. The predicted molar refractivity (Wildman–Crippen MR) is 485 cm³/mol. The van der Waals surface area contributed by atoms with Crippen LogP contribution in [0.25, 0.3) is 21.7 Å². The van der Waals surface area contributed by atoms with Crippen molar-refractivity contribution in [3.8, 4) is 5.75 Å². The number of aromatic hydroxyl groups is 1. The monoisotopic (exact) mass is 1840 g/mol. The zero-order chi connectivity index (χ0) is 90.9. The smallest absolute Gasteiger partial charge is 0.512 e. The van der Waals surface area contributed by atoms with Crippen LogP contribution < -0.4 is 42.1 Å². The average molecular weight is 1840 g/mol. The molecule has 8 amide bonds. The molecule has 10 heterocycles. The van der Waals surface area contributed by atoms with E-state index >= 15 is 0 Å². The van der Waals surface area contributed by atoms with Crippen molar-refractivity contribution in [2.75, 3.05) is 57.5 Å². The number of Topliss-reactive ketones (excluding diaryl/α,β-unsaturated/α-hetero) is 5. The normalized spacial score (nSPS) is 11.6. The number of phenols is 1. The standard InChI is InChI=1S/C38H48N8O7.C31H28ClN3O3.C20H24N8O4.CN.2CH3.Y/c1-7-10-35(51)41-34-23-46(6)36(42-34)38(53)40-27-19-31(45(5)22-27)37(52)39-14-9-12-28(48)15-25-16-30(44(4)20-25)33(50)18-26-17-29(43(3)21-26)32(49)13-8-11-24(2)47;1-3-18-11-26(34(2)16-18)29(37)12-19-8-9-24-20(10-19)13-25(33-24)31(38)35-17-21(15-32)30-23-7-5-4-6-22(23)28(36)14-27(30)35;1-11(29)22-16-10-28(5)17(25-16)20(32)24-13-7-15(27(4)9-13)19(31)23-12-6-14(18(30)21-2)26(3)8-12;1-2;;;/h16-17,19-23H,7-15,18H2,1-6H3,(H,39,52)(H,40,53)(H,41,51);4-11,13-14,16,21,33,36H,3,12,15,17H2,1-2H3;6-10H,1-5H3,(H,21,30)(H,22,29)(H,23,31)(H,24,32);;2*1H3;/q;;;3*-1;+3. The summed E-state index contributed by atoms with van der Waals surface area (Å²) < 4.78 is 13.0. The first-order chi connectivity index (χ1) is 59.6. The molecule has 36 heteroatoms. The molecule has 12 aromatic rings. The number of aryl methyl sites for hydroxylation is 9. The van der Waals surface area contributed by atoms with Gasteiger partial charge in [-0.3, -0.25) is 57.5 Å². The summed E-state index contributed by atoms with van der Waals surface area (Å²) in [4.78, 5) is 176. The molecular weight excluding hydrogens is 1730 g/mol. The molecule has 34 nitrogen and oxygen atoms in total. The maximum Gasteiger partial charge on any atom is 3.00 e. The number of hydrogen-bond acceptors (Lipinski definition) is 17. The molecule has 1 aliphatic rings. The van der Waals surface area contributed by atoms with Crippen molar-refractivity contribution in [3.63, 3.8) is 0 Å². The number of benzene rings is 3. The zero-order valence-corrected chi connectivity index (χ0v) is 77.9. The van der Waals surface area contributed by atoms with Gasteiger partial charge < -0.3 is 120 Å². The number of rotatable bonds is 32. The van der Waals surface area contributed by atoms with Gasteiger partial charge in [0.2, 0.25) is 23.5 Å². The van der Waals surface area contributed by atoms with Crippen LogP contribution in [0.4, 0.5) is 34.4 Å². The summed E-state index contributed by atoms with van der Waals surface area (Å²) in [7, 11) is 15.2. The number of aromatic nitrogens is 11. The maximum absolute atomic E-state index is 13.7. The molecule has 3 aromatic carbocycles. The molecule has 668 valence electrons. The predicted octanol–water partition coefficient (Wildman–Crippen LogP) is 12.4. The second-order valence-electron chi connectivity index (χ2n) is 30.6. The average Bonchev–Trinajstić information content (AvgIpc) is 1.58. The molecule has 0 aliphatic carbocycles. The summed E-state index contributed by atoms with van der Waals surface area (Å²) in [6, 6.07) is 27.0. The van der Waals surface area contributed by atoms with Gasteiger partial charge in [0.1, 0.15) is 40.1 Å². The minimum Gasteiger partial charge on any atom is -0.512 e. The molecule has 0 saturated heterocycles. The van der Waals surface area contributed by atoms with Crippen LogP contribution in [-0.4, -0.2) is 159 Å². The van der Waals surface area contributed by atoms with Crippen LogP contribution in [0, 0.1) is 26.7 Å². The van der Waals surface area contributed by atoms with E-state index in [4.69, 9.17) is 23.4 Å². The number of ketones is 5. The number of hydrogen-bond donors (Lipinski definition) is 9. The minimum absolute atomic E-state index is 0. The Morgan fingerprint density at radius 2 is 1.00 bits per heavy atom. The number of aromatic amines is 1. The zero-order valence-electron chi connectivity index (χ0n) is 74.3. The number of anilines is 6. The van der Waals surface area contributed by atoms with Gasteiger partial charge in [-0.2, -0.15) is 0 Å². The van der Waals surface area contributed by atoms with Crippen molar-refractivity contribution < 1.29 is 100 Å². The first kappa shape index (κ1) is 101. The SMILES string of the molecule is CCCC(=O)Nc1cn(C)c(C(=O)Nc2cc(C(=O)NCCCC(=O)Cc3cc(C(=O)Cc4cc(C(=O)CCCC(C)=O)n(C)c4)n(C)c3)n(C)c2)n1.CCc1cc(C(=O)Cc2ccc3[nH]c(C(=O)N4CC(CCl)c5c4cc(O)c4ccccc54)cc3c2)n(C)c1.CNC(=O)c1cc(NC(=O)c2cc(NC(=O)c3nc(NC(C)=O)cn3C)cn2C)cn1C.[C-]#N.[CH3-].[CH3-].[Y+3]. The third-order valence-electron chi connectivity index (χ3n) is 20.8. The largest absolute Gasteiger partial charge is 3.00 e. The summed E-state index contributed by atoms with van der Waals surface area (Å²) in [6.45, 7) is 12.3. The van der Waals surface area contributed by atoms with E-state index in [2.05, 4.69) is 59.1 Å². The Kier molecular flexibility index (Phi) is 36.1. The van der Waals surface area contributed by atoms with Gasteiger partial charge in [0.15, 0.2) is 29.0 Å². The van der Waals surface area contributed by atoms with Crippen LogP contribution in [0.1, 0.15) is 201 Å². The molecule has 0 saturated carbocycles. The molecule has 0 fully saturated rings. The summed E-state index contributed by atoms with van der Waals surface area (Å²) in [5, 5.41) is 38.2. The van der Waals surface area contributed by atoms with Crippen molar-refractivity contribution in [2.24, 2.45) is 56.4 Å². The Labute approximate surface area is 771 Å². The minimum atomic E-state index is -0.508. The van der Waals surface area contributed by atoms with Crippen LogP contribution >= 0.6 is 11.6 Å². The fourth-order valence-corrected chi connectivity index (χ4v) is 15.1. The van der Waals surface area contributed by atoms with Crippen molar-refractivity contribution in [1.29, 1.82) is 5.26 Å². The van der Waals surface area contributed by atoms with E-state index < -0.39 is 17.7 Å². The van der Waals surface area contributed by atoms with Gasteiger partial charge in [-0.05, 0) is 120 Å². The number of nitrogens with one attached hydrogen (secondary N) is 8. The van der Waals surface area contributed by atoms with E-state index in [1.807, 2.05) is 79.3 Å². The number of halogens is 1. The van der Waals surface area contributed by atoms with Crippen molar-refractivity contribution in [1.82, 2.24) is 62.1 Å². The molecule has 9 aromatic heterocycles. The second kappa shape index (κ2) is 45.5. The Morgan fingerprint density at radius 3 is 1.52 bits per heavy atom. The van der Waals surface area contributed by atoms with Crippen molar-refractivity contribution in [3.05, 3.63) is 241 Å². The van der Waals surface area contributed by atoms with E-state index in [1.165, 1.54) is 48.4 Å². The first-order valence-corrected chi connectivity index (χ1v) is 40.7. The first-order valence-electron chi connectivity index (χ1n) is 40.2. The van der Waals surface area contributed by atoms with Crippen LogP contribution in [-0.2, 0) is 134 Å². The molecule has 0 radical (unpaired) electrons. The van der Waals surface area contributed by atoms with Crippen LogP contribution in [0.15, 0.2) is 141 Å². The van der Waals surface area contributed by atoms with Gasteiger partial charge >= 0.3 is 32.7 Å². The molecular formula is C92H106ClN20O14Y. The number of carbonyl (C=O) groups excluding carboxylic acids is 13. The number of nitrogens with zero attached hydrogens (tertiary/aromatic N) is 12. The van der Waals surface area contributed by atoms with Crippen LogP contribution in [0.3, 0.4) is 0 Å². The van der Waals surface area contributed by atoms with Gasteiger partial charge in [0, 0.05) is 212 Å². The number of H-pyrrole nitrogens is 1. The fourth-order valence-electron chi connectivity index (χ4n) is 14.8. The molecule has 1 aliphatic heterocycles. The van der Waals surface area contributed by atoms with Gasteiger partial charge in [-0.15, -0.1) is 11.6 Å². The number of amides is 8. The Morgan fingerprint density at radius 1 is 0.508 bits per heavy atom. The summed E-state index contributed by atoms with van der Waals surface area (Å²) >= 11 is 6.34. The second-order valence-corrected chi connectivity index (χ2v) is 30.9. The Bertz CT molecular complexity index is 6190. The van der Waals surface area contributed by atoms with E-state index in [0.29, 0.717) is 118 Å². The topological polar surface area (TPSA) is 434 Å². The van der Waals surface area contributed by atoms with Crippen LogP contribution in [0.2, 0.25) is 0 Å². The number of imidazole rings is 2. The van der Waals surface area contributed by atoms with E-state index in [0.717, 1.165) is 44.8 Å². The molecule has 0 spiro atoms. The molecule has 1 atom stereocenters. The summed E-state index contributed by atoms with van der Waals surface area (Å²) in [6.07, 6.45) is 17.6. The fraction of sp³-hybridized carbons (Fsp3) is 0.304. The van der Waals surface area contributed by atoms with Crippen molar-refractivity contribution >= 4 is 144 Å². The summed E-state index contributed by atoms with van der Waals surface area (Å²) in [5.41, 5.74) is 10.3. The van der Waals surface area contributed by atoms with Gasteiger partial charge in [0.05, 0.1) is 39.8 Å². The number of carbonyl (C=O) groups is 13. The van der Waals surface area contributed by atoms with Gasteiger partial charge in [0.25, 0.3) is 35.4 Å². The molecule has 1 unspecified atom stereocenters.